The monoisotopic (exact) mass is 424 g/mol. The van der Waals surface area contributed by atoms with Gasteiger partial charge < -0.3 is 19.5 Å². The summed E-state index contributed by atoms with van der Waals surface area (Å²) in [5, 5.41) is 3.99. The van der Waals surface area contributed by atoms with Gasteiger partial charge in [0.05, 0.1) is 36.0 Å². The van der Waals surface area contributed by atoms with Gasteiger partial charge in [-0.3, -0.25) is 4.79 Å². The van der Waals surface area contributed by atoms with Crippen LogP contribution in [0.1, 0.15) is 25.5 Å². The minimum absolute atomic E-state index is 0.0134. The maximum Gasteiger partial charge on any atom is 0.230 e. The summed E-state index contributed by atoms with van der Waals surface area (Å²) in [5.74, 6) is 0.360. The molecule has 1 fully saturated rings. The summed E-state index contributed by atoms with van der Waals surface area (Å²) >= 11 is 1.49. The Morgan fingerprint density at radius 3 is 2.63 bits per heavy atom. The number of nitrogens with zero attached hydrogens (tertiary/aromatic N) is 3. The van der Waals surface area contributed by atoms with Crippen molar-refractivity contribution in [2.45, 2.75) is 31.6 Å². The van der Waals surface area contributed by atoms with Crippen LogP contribution in [0.5, 0.6) is 0 Å². The molecule has 0 spiro atoms. The highest BCUT2D eigenvalue weighted by atomic mass is 32.2. The topological polar surface area (TPSA) is 59.4 Å². The number of fused-ring (bicyclic) bond motifs is 1. The second-order valence-corrected chi connectivity index (χ2v) is 8.34. The van der Waals surface area contributed by atoms with Crippen LogP contribution < -0.4 is 10.2 Å². The average Bonchev–Trinajstić information content (AvgIpc) is 3.16. The number of ether oxygens (including phenoxy) is 1. The Morgan fingerprint density at radius 2 is 1.90 bits per heavy atom. The van der Waals surface area contributed by atoms with Crippen molar-refractivity contribution in [1.82, 2.24) is 14.9 Å². The number of aromatic nitrogens is 2. The van der Waals surface area contributed by atoms with Crippen LogP contribution >= 0.6 is 11.8 Å². The lowest BCUT2D eigenvalue weighted by atomic mass is 10.1. The number of imidazole rings is 1. The third-order valence-corrected chi connectivity index (χ3v) is 6.39. The summed E-state index contributed by atoms with van der Waals surface area (Å²) in [6.45, 7) is 8.34. The van der Waals surface area contributed by atoms with Gasteiger partial charge in [0.1, 0.15) is 0 Å². The van der Waals surface area contributed by atoms with Crippen molar-refractivity contribution in [1.29, 1.82) is 0 Å². The molecular formula is C23H28N4O2S. The summed E-state index contributed by atoms with van der Waals surface area (Å²) in [6, 6.07) is 16.5. The number of amides is 1. The number of hydrogen-bond acceptors (Lipinski definition) is 5. The molecule has 3 aromatic rings. The predicted molar refractivity (Wildman–Crippen MR) is 122 cm³/mol. The molecule has 0 aliphatic carbocycles. The number of hydrogen-bond donors (Lipinski definition) is 1. The van der Waals surface area contributed by atoms with E-state index in [9.17, 15) is 4.79 Å². The Labute approximate surface area is 181 Å². The van der Waals surface area contributed by atoms with E-state index in [0.717, 1.165) is 54.6 Å². The zero-order valence-electron chi connectivity index (χ0n) is 17.5. The van der Waals surface area contributed by atoms with Crippen LogP contribution in [0.4, 0.5) is 5.69 Å². The molecule has 0 radical (unpaired) electrons. The van der Waals surface area contributed by atoms with E-state index >= 15 is 0 Å². The zero-order valence-corrected chi connectivity index (χ0v) is 18.3. The number of rotatable bonds is 7. The molecule has 4 rings (SSSR count). The van der Waals surface area contributed by atoms with E-state index in [1.807, 2.05) is 25.1 Å². The molecule has 0 saturated carbocycles. The molecule has 1 aliphatic heterocycles. The lowest BCUT2D eigenvalue weighted by Crippen LogP contribution is -2.36. The first kappa shape index (κ1) is 20.8. The van der Waals surface area contributed by atoms with Gasteiger partial charge >= 0.3 is 0 Å². The summed E-state index contributed by atoms with van der Waals surface area (Å²) in [7, 11) is 0. The van der Waals surface area contributed by atoms with Crippen LogP contribution in [0.15, 0.2) is 53.7 Å². The highest BCUT2D eigenvalue weighted by Crippen LogP contribution is 2.24. The molecule has 158 valence electrons. The normalized spacial score (nSPS) is 15.3. The molecule has 7 heteroatoms. The van der Waals surface area contributed by atoms with Gasteiger partial charge in [-0.1, -0.05) is 36.0 Å². The van der Waals surface area contributed by atoms with Crippen molar-refractivity contribution < 1.29 is 9.53 Å². The SMILES string of the molecule is CCn1c(SCC(=O)NC(C)c2ccc(N3CCOCC3)cc2)nc2ccccc21. The molecule has 1 aromatic heterocycles. The third-order valence-electron chi connectivity index (χ3n) is 5.41. The molecule has 30 heavy (non-hydrogen) atoms. The molecule has 1 atom stereocenters. The number of para-hydroxylation sites is 2. The van der Waals surface area contributed by atoms with Crippen LogP contribution in [-0.2, 0) is 16.1 Å². The van der Waals surface area contributed by atoms with Gasteiger partial charge in [0.15, 0.2) is 5.16 Å². The predicted octanol–water partition coefficient (Wildman–Crippen LogP) is 3.86. The second-order valence-electron chi connectivity index (χ2n) is 7.40. The van der Waals surface area contributed by atoms with Crippen molar-refractivity contribution in [2.24, 2.45) is 0 Å². The molecule has 1 saturated heterocycles. The number of carbonyl (C=O) groups excluding carboxylic acids is 1. The molecule has 1 amide bonds. The largest absolute Gasteiger partial charge is 0.378 e. The minimum atomic E-state index is -0.0400. The lowest BCUT2D eigenvalue weighted by molar-refractivity contribution is -0.119. The number of carbonyl (C=O) groups is 1. The maximum atomic E-state index is 12.5. The molecule has 2 aromatic carbocycles. The first-order valence-electron chi connectivity index (χ1n) is 10.5. The van der Waals surface area contributed by atoms with Gasteiger partial charge in [-0.25, -0.2) is 4.98 Å². The number of benzene rings is 2. The number of morpholine rings is 1. The fraction of sp³-hybridized carbons (Fsp3) is 0.391. The van der Waals surface area contributed by atoms with E-state index in [-0.39, 0.29) is 11.9 Å². The van der Waals surface area contributed by atoms with E-state index in [0.29, 0.717) is 5.75 Å². The molecule has 6 nitrogen and oxygen atoms in total. The molecule has 1 aliphatic rings. The van der Waals surface area contributed by atoms with E-state index < -0.39 is 0 Å². The number of anilines is 1. The number of thioether (sulfide) groups is 1. The van der Waals surface area contributed by atoms with E-state index in [1.54, 1.807) is 0 Å². The number of nitrogens with one attached hydrogen (secondary N) is 1. The smallest absolute Gasteiger partial charge is 0.230 e. The van der Waals surface area contributed by atoms with E-state index in [4.69, 9.17) is 4.74 Å². The van der Waals surface area contributed by atoms with Crippen molar-refractivity contribution in [2.75, 3.05) is 37.0 Å². The van der Waals surface area contributed by atoms with Crippen LogP contribution in [0, 0.1) is 0 Å². The van der Waals surface area contributed by atoms with E-state index in [1.165, 1.54) is 17.4 Å². The van der Waals surface area contributed by atoms with Gasteiger partial charge in [-0.15, -0.1) is 0 Å². The summed E-state index contributed by atoms with van der Waals surface area (Å²) in [4.78, 5) is 19.5. The van der Waals surface area contributed by atoms with E-state index in [2.05, 4.69) is 57.0 Å². The Morgan fingerprint density at radius 1 is 1.17 bits per heavy atom. The van der Waals surface area contributed by atoms with Crippen LogP contribution in [-0.4, -0.2) is 47.5 Å². The van der Waals surface area contributed by atoms with Gasteiger partial charge in [0.2, 0.25) is 5.91 Å². The van der Waals surface area contributed by atoms with Crippen molar-refractivity contribution in [3.8, 4) is 0 Å². The van der Waals surface area contributed by atoms with Gasteiger partial charge in [-0.05, 0) is 43.7 Å². The van der Waals surface area contributed by atoms with Crippen molar-refractivity contribution in [3.63, 3.8) is 0 Å². The fourth-order valence-corrected chi connectivity index (χ4v) is 4.65. The summed E-state index contributed by atoms with van der Waals surface area (Å²) in [5.41, 5.74) is 4.38. The Hall–Kier alpha value is -2.51. The molecule has 2 heterocycles. The molecule has 1 N–H and O–H groups in total. The molecule has 1 unspecified atom stereocenters. The lowest BCUT2D eigenvalue weighted by Gasteiger charge is -2.29. The fourth-order valence-electron chi connectivity index (χ4n) is 3.76. The molecular weight excluding hydrogens is 396 g/mol. The molecule has 0 bridgehead atoms. The van der Waals surface area contributed by atoms with Gasteiger partial charge in [0, 0.05) is 25.3 Å². The minimum Gasteiger partial charge on any atom is -0.378 e. The average molecular weight is 425 g/mol. The van der Waals surface area contributed by atoms with Crippen LogP contribution in [0.2, 0.25) is 0 Å². The quantitative estimate of drug-likeness (QED) is 0.584. The summed E-state index contributed by atoms with van der Waals surface area (Å²) < 4.78 is 7.57. The van der Waals surface area contributed by atoms with Gasteiger partial charge in [-0.2, -0.15) is 0 Å². The Kier molecular flexibility index (Phi) is 6.59. The van der Waals surface area contributed by atoms with Crippen molar-refractivity contribution >= 4 is 34.4 Å². The highest BCUT2D eigenvalue weighted by Gasteiger charge is 2.15. The van der Waals surface area contributed by atoms with Crippen molar-refractivity contribution in [3.05, 3.63) is 54.1 Å². The summed E-state index contributed by atoms with van der Waals surface area (Å²) in [6.07, 6.45) is 0. The second kappa shape index (κ2) is 9.53. The highest BCUT2D eigenvalue weighted by molar-refractivity contribution is 7.99. The van der Waals surface area contributed by atoms with Crippen LogP contribution in [0.25, 0.3) is 11.0 Å². The number of aryl methyl sites for hydroxylation is 1. The first-order chi connectivity index (χ1) is 14.7. The Balaban J connectivity index is 1.34. The first-order valence-corrected chi connectivity index (χ1v) is 11.4. The zero-order chi connectivity index (χ0) is 20.9. The van der Waals surface area contributed by atoms with Gasteiger partial charge in [0.25, 0.3) is 0 Å². The standard InChI is InChI=1S/C23H28N4O2S/c1-3-27-21-7-5-4-6-20(21)25-23(27)30-16-22(28)24-17(2)18-8-10-19(11-9-18)26-12-14-29-15-13-26/h4-11,17H,3,12-16H2,1-2H3,(H,24,28). The maximum absolute atomic E-state index is 12.5. The Bertz CT molecular complexity index is 996. The third kappa shape index (κ3) is 4.63. The van der Waals surface area contributed by atoms with Crippen LogP contribution in [0.3, 0.4) is 0 Å².